The van der Waals surface area contributed by atoms with E-state index in [2.05, 4.69) is 0 Å². The third-order valence-corrected chi connectivity index (χ3v) is 2.03. The number of likely N-dealkylation sites (tertiary alicyclic amines) is 1. The average molecular weight is 143 g/mol. The minimum Gasteiger partial charge on any atom is -0.391 e. The Kier molecular flexibility index (Phi) is 2.06. The lowest BCUT2D eigenvalue weighted by Gasteiger charge is -2.18. The first-order valence-electron chi connectivity index (χ1n) is 3.51. The van der Waals surface area contributed by atoms with Crippen LogP contribution in [0.2, 0.25) is 0 Å². The van der Waals surface area contributed by atoms with Crippen molar-refractivity contribution in [1.29, 1.82) is 0 Å². The molecule has 1 heterocycles. The van der Waals surface area contributed by atoms with Crippen LogP contribution in [-0.2, 0) is 4.79 Å². The molecular formula is C7H13NO2. The lowest BCUT2D eigenvalue weighted by atomic mass is 10.1. The van der Waals surface area contributed by atoms with Gasteiger partial charge in [0, 0.05) is 6.54 Å². The molecular weight excluding hydrogens is 130 g/mol. The Balaban J connectivity index is 2.63. The quantitative estimate of drug-likeness (QED) is 0.545. The number of nitrogens with zero attached hydrogens (tertiary/aromatic N) is 1. The Labute approximate surface area is 60.6 Å². The zero-order valence-corrected chi connectivity index (χ0v) is 6.37. The van der Waals surface area contributed by atoms with E-state index in [1.807, 2.05) is 11.9 Å². The van der Waals surface area contributed by atoms with Gasteiger partial charge in [-0.25, -0.2) is 0 Å². The van der Waals surface area contributed by atoms with Crippen molar-refractivity contribution in [1.82, 2.24) is 4.90 Å². The van der Waals surface area contributed by atoms with Gasteiger partial charge in [0.2, 0.25) is 0 Å². The van der Waals surface area contributed by atoms with Crippen LogP contribution in [0.15, 0.2) is 0 Å². The minimum absolute atomic E-state index is 0.0625. The summed E-state index contributed by atoms with van der Waals surface area (Å²) in [5.74, 6) is 0.0625. The van der Waals surface area contributed by atoms with Crippen LogP contribution in [-0.4, -0.2) is 41.5 Å². The predicted octanol–water partition coefficient (Wildman–Crippen LogP) is -0.360. The van der Waals surface area contributed by atoms with E-state index < -0.39 is 6.10 Å². The van der Waals surface area contributed by atoms with Crippen LogP contribution in [0.5, 0.6) is 0 Å². The van der Waals surface area contributed by atoms with E-state index in [9.17, 15) is 9.90 Å². The van der Waals surface area contributed by atoms with Crippen molar-refractivity contribution in [3.8, 4) is 0 Å². The first-order chi connectivity index (χ1) is 4.63. The number of rotatable bonds is 1. The Bertz CT molecular complexity index is 137. The van der Waals surface area contributed by atoms with Crippen molar-refractivity contribution in [2.75, 3.05) is 13.6 Å². The molecule has 1 N–H and O–H groups in total. The van der Waals surface area contributed by atoms with Crippen LogP contribution in [0.25, 0.3) is 0 Å². The molecule has 0 aromatic heterocycles. The largest absolute Gasteiger partial charge is 0.391 e. The van der Waals surface area contributed by atoms with E-state index in [0.29, 0.717) is 0 Å². The van der Waals surface area contributed by atoms with Gasteiger partial charge in [-0.3, -0.25) is 9.69 Å². The molecule has 58 valence electrons. The SMILES string of the molecule is CC(=O)[C@@H]1[C@H](O)CCN1C. The van der Waals surface area contributed by atoms with Gasteiger partial charge in [0.15, 0.2) is 0 Å². The zero-order valence-electron chi connectivity index (χ0n) is 6.37. The maximum atomic E-state index is 10.9. The molecule has 0 spiro atoms. The Morgan fingerprint density at radius 3 is 2.50 bits per heavy atom. The fourth-order valence-corrected chi connectivity index (χ4v) is 1.51. The second-order valence-electron chi connectivity index (χ2n) is 2.89. The molecule has 10 heavy (non-hydrogen) atoms. The van der Waals surface area contributed by atoms with Crippen LogP contribution in [0.4, 0.5) is 0 Å². The normalized spacial score (nSPS) is 34.7. The first-order valence-corrected chi connectivity index (χ1v) is 3.51. The van der Waals surface area contributed by atoms with Gasteiger partial charge in [-0.15, -0.1) is 0 Å². The number of carbonyl (C=O) groups excluding carboxylic acids is 1. The van der Waals surface area contributed by atoms with Crippen LogP contribution < -0.4 is 0 Å². The second-order valence-corrected chi connectivity index (χ2v) is 2.89. The van der Waals surface area contributed by atoms with Gasteiger partial charge in [-0.05, 0) is 20.4 Å². The summed E-state index contributed by atoms with van der Waals surface area (Å²) in [6.45, 7) is 2.35. The van der Waals surface area contributed by atoms with E-state index in [-0.39, 0.29) is 11.8 Å². The Hall–Kier alpha value is -0.410. The van der Waals surface area contributed by atoms with Crippen molar-refractivity contribution in [2.45, 2.75) is 25.5 Å². The number of hydrogen-bond donors (Lipinski definition) is 1. The number of carbonyl (C=O) groups is 1. The van der Waals surface area contributed by atoms with E-state index in [0.717, 1.165) is 13.0 Å². The maximum absolute atomic E-state index is 10.9. The van der Waals surface area contributed by atoms with Crippen LogP contribution >= 0.6 is 0 Å². The summed E-state index contributed by atoms with van der Waals surface area (Å²) in [7, 11) is 1.86. The summed E-state index contributed by atoms with van der Waals surface area (Å²) in [5, 5.41) is 9.27. The van der Waals surface area contributed by atoms with Gasteiger partial charge >= 0.3 is 0 Å². The van der Waals surface area contributed by atoms with Crippen LogP contribution in [0.3, 0.4) is 0 Å². The minimum atomic E-state index is -0.442. The topological polar surface area (TPSA) is 40.5 Å². The lowest BCUT2D eigenvalue weighted by molar-refractivity contribution is -0.123. The summed E-state index contributed by atoms with van der Waals surface area (Å²) in [5.41, 5.74) is 0. The molecule has 0 aliphatic carbocycles. The van der Waals surface area contributed by atoms with Crippen molar-refractivity contribution < 1.29 is 9.90 Å². The number of hydrogen-bond acceptors (Lipinski definition) is 3. The molecule has 2 atom stereocenters. The molecule has 3 nitrogen and oxygen atoms in total. The highest BCUT2D eigenvalue weighted by Gasteiger charge is 2.33. The van der Waals surface area contributed by atoms with Crippen LogP contribution in [0, 0.1) is 0 Å². The highest BCUT2D eigenvalue weighted by molar-refractivity contribution is 5.82. The number of ketones is 1. The Morgan fingerprint density at radius 2 is 2.30 bits per heavy atom. The molecule has 1 saturated heterocycles. The van der Waals surface area contributed by atoms with E-state index >= 15 is 0 Å². The van der Waals surface area contributed by atoms with Gasteiger partial charge in [0.05, 0.1) is 12.1 Å². The molecule has 1 rings (SSSR count). The highest BCUT2D eigenvalue weighted by Crippen LogP contribution is 2.15. The number of aliphatic hydroxyl groups excluding tert-OH is 1. The summed E-state index contributed by atoms with van der Waals surface area (Å²) >= 11 is 0. The maximum Gasteiger partial charge on any atom is 0.149 e. The van der Waals surface area contributed by atoms with Gasteiger partial charge in [0.25, 0.3) is 0 Å². The molecule has 0 unspecified atom stereocenters. The number of Topliss-reactive ketones (excluding diaryl/α,β-unsaturated/α-hetero) is 1. The Morgan fingerprint density at radius 1 is 1.70 bits per heavy atom. The second kappa shape index (κ2) is 2.68. The molecule has 3 heteroatoms. The van der Waals surface area contributed by atoms with E-state index in [1.165, 1.54) is 6.92 Å². The van der Waals surface area contributed by atoms with E-state index in [1.54, 1.807) is 0 Å². The fourth-order valence-electron chi connectivity index (χ4n) is 1.51. The summed E-state index contributed by atoms with van der Waals surface area (Å²) in [6, 6.07) is -0.250. The standard InChI is InChI=1S/C7H13NO2/c1-5(9)7-6(10)3-4-8(7)2/h6-7,10H,3-4H2,1-2H3/t6-,7-/m1/s1. The zero-order chi connectivity index (χ0) is 7.72. The lowest BCUT2D eigenvalue weighted by Crippen LogP contribution is -2.38. The van der Waals surface area contributed by atoms with Crippen LogP contribution in [0.1, 0.15) is 13.3 Å². The fraction of sp³-hybridized carbons (Fsp3) is 0.857. The summed E-state index contributed by atoms with van der Waals surface area (Å²) in [4.78, 5) is 12.8. The monoisotopic (exact) mass is 143 g/mol. The van der Waals surface area contributed by atoms with Crippen molar-refractivity contribution in [3.63, 3.8) is 0 Å². The number of aliphatic hydroxyl groups is 1. The molecule has 1 fully saturated rings. The molecule has 0 saturated carbocycles. The molecule has 1 aliphatic heterocycles. The summed E-state index contributed by atoms with van der Waals surface area (Å²) < 4.78 is 0. The van der Waals surface area contributed by atoms with Crippen molar-refractivity contribution in [2.24, 2.45) is 0 Å². The van der Waals surface area contributed by atoms with Crippen molar-refractivity contribution >= 4 is 5.78 Å². The smallest absolute Gasteiger partial charge is 0.149 e. The predicted molar refractivity (Wildman–Crippen MR) is 37.7 cm³/mol. The van der Waals surface area contributed by atoms with E-state index in [4.69, 9.17) is 0 Å². The first kappa shape index (κ1) is 7.69. The molecule has 0 aromatic rings. The number of likely N-dealkylation sites (N-methyl/N-ethyl adjacent to an activating group) is 1. The molecule has 0 bridgehead atoms. The summed E-state index contributed by atoms with van der Waals surface area (Å²) in [6.07, 6.45) is 0.281. The van der Waals surface area contributed by atoms with Crippen molar-refractivity contribution in [3.05, 3.63) is 0 Å². The third-order valence-electron chi connectivity index (χ3n) is 2.03. The van der Waals surface area contributed by atoms with Gasteiger partial charge in [-0.2, -0.15) is 0 Å². The molecule has 0 aromatic carbocycles. The average Bonchev–Trinajstić information content (AvgIpc) is 2.11. The third kappa shape index (κ3) is 1.20. The molecule has 0 radical (unpaired) electrons. The highest BCUT2D eigenvalue weighted by atomic mass is 16.3. The molecule has 0 amide bonds. The van der Waals surface area contributed by atoms with Gasteiger partial charge in [0.1, 0.15) is 5.78 Å². The molecule has 1 aliphatic rings. The van der Waals surface area contributed by atoms with Gasteiger partial charge < -0.3 is 5.11 Å². The van der Waals surface area contributed by atoms with Gasteiger partial charge in [-0.1, -0.05) is 0 Å².